The number of H-pyrrole nitrogens is 1. The normalized spacial score (nSPS) is 12.4. The lowest BCUT2D eigenvalue weighted by atomic mass is 10.0. The number of carbonyl (C=O) groups is 1. The fourth-order valence-electron chi connectivity index (χ4n) is 3.39. The average molecular weight is 391 g/mol. The third-order valence-electron chi connectivity index (χ3n) is 4.99. The Morgan fingerprint density at radius 2 is 1.86 bits per heavy atom. The summed E-state index contributed by atoms with van der Waals surface area (Å²) in [5, 5.41) is 7.27. The van der Waals surface area contributed by atoms with E-state index in [-0.39, 0.29) is 17.9 Å². The summed E-state index contributed by atoms with van der Waals surface area (Å²) in [5.74, 6) is 0.146. The van der Waals surface area contributed by atoms with Gasteiger partial charge in [0.1, 0.15) is 17.3 Å². The molecule has 0 aliphatic heterocycles. The van der Waals surface area contributed by atoms with E-state index in [1.807, 2.05) is 38.1 Å². The highest BCUT2D eigenvalue weighted by Gasteiger charge is 2.25. The van der Waals surface area contributed by atoms with Gasteiger partial charge in [0.05, 0.1) is 34.5 Å². The molecule has 0 bridgehead atoms. The summed E-state index contributed by atoms with van der Waals surface area (Å²) in [4.78, 5) is 20.9. The summed E-state index contributed by atoms with van der Waals surface area (Å²) in [5.41, 5.74) is 3.05. The summed E-state index contributed by atoms with van der Waals surface area (Å²) < 4.78 is 15.6. The summed E-state index contributed by atoms with van der Waals surface area (Å²) >= 11 is 0. The molecule has 1 amide bonds. The third-order valence-corrected chi connectivity index (χ3v) is 4.99. The highest BCUT2D eigenvalue weighted by molar-refractivity contribution is 5.95. The molecule has 0 spiro atoms. The second-order valence-electron chi connectivity index (χ2n) is 7.34. The number of benzene rings is 2. The molecule has 0 saturated carbocycles. The van der Waals surface area contributed by atoms with Gasteiger partial charge in [-0.15, -0.1) is 0 Å². The van der Waals surface area contributed by atoms with Gasteiger partial charge >= 0.3 is 0 Å². The number of nitrogens with one attached hydrogen (secondary N) is 2. The molecule has 2 aromatic carbocycles. The number of hydrogen-bond acceptors (Lipinski definition) is 3. The minimum Gasteiger partial charge on any atom is -0.342 e. The van der Waals surface area contributed by atoms with Gasteiger partial charge in [-0.25, -0.2) is 14.1 Å². The van der Waals surface area contributed by atoms with Gasteiger partial charge in [-0.2, -0.15) is 5.10 Å². The van der Waals surface area contributed by atoms with Crippen LogP contribution in [0.15, 0.2) is 54.7 Å². The molecule has 0 radical (unpaired) electrons. The Morgan fingerprint density at radius 3 is 2.59 bits per heavy atom. The van der Waals surface area contributed by atoms with Crippen molar-refractivity contribution in [3.8, 4) is 5.69 Å². The van der Waals surface area contributed by atoms with Gasteiger partial charge in [-0.3, -0.25) is 4.79 Å². The lowest BCUT2D eigenvalue weighted by molar-refractivity contribution is 0.0922. The van der Waals surface area contributed by atoms with Crippen molar-refractivity contribution in [3.05, 3.63) is 77.6 Å². The zero-order chi connectivity index (χ0) is 20.5. The van der Waals surface area contributed by atoms with Crippen LogP contribution in [0.25, 0.3) is 16.7 Å². The standard InChI is InChI=1S/C22H22FN5O/c1-13(2)20(21-25-17-9-5-6-10-18(17)26-21)27-22(29)15-12-24-28(14(15)3)19-11-7-4-8-16(19)23/h4-13,20H,1-3H3,(H,25,26)(H,27,29)/t20-/m0/s1. The predicted molar refractivity (Wildman–Crippen MR) is 109 cm³/mol. The molecular weight excluding hydrogens is 369 g/mol. The quantitative estimate of drug-likeness (QED) is 0.532. The second-order valence-corrected chi connectivity index (χ2v) is 7.34. The summed E-state index contributed by atoms with van der Waals surface area (Å²) in [6.45, 7) is 5.79. The molecule has 7 heteroatoms. The molecule has 0 unspecified atom stereocenters. The molecule has 0 aliphatic carbocycles. The van der Waals surface area contributed by atoms with E-state index in [1.54, 1.807) is 25.1 Å². The van der Waals surface area contributed by atoms with Crippen molar-refractivity contribution in [2.24, 2.45) is 5.92 Å². The number of rotatable bonds is 5. The molecule has 2 N–H and O–H groups in total. The Balaban J connectivity index is 1.63. The van der Waals surface area contributed by atoms with Gasteiger partial charge in [0.25, 0.3) is 5.91 Å². The van der Waals surface area contributed by atoms with Crippen LogP contribution in [0, 0.1) is 18.7 Å². The topological polar surface area (TPSA) is 75.6 Å². The predicted octanol–water partition coefficient (Wildman–Crippen LogP) is 4.32. The molecular formula is C22H22FN5O. The van der Waals surface area contributed by atoms with Crippen LogP contribution in [0.3, 0.4) is 0 Å². The summed E-state index contributed by atoms with van der Waals surface area (Å²) in [6.07, 6.45) is 1.47. The highest BCUT2D eigenvalue weighted by Crippen LogP contribution is 2.24. The van der Waals surface area contributed by atoms with Crippen molar-refractivity contribution in [2.75, 3.05) is 0 Å². The first kappa shape index (κ1) is 18.9. The number of para-hydroxylation sites is 3. The largest absolute Gasteiger partial charge is 0.342 e. The number of amides is 1. The van der Waals surface area contributed by atoms with E-state index in [9.17, 15) is 9.18 Å². The second kappa shape index (κ2) is 7.50. The van der Waals surface area contributed by atoms with E-state index in [0.29, 0.717) is 22.8 Å². The van der Waals surface area contributed by atoms with Gasteiger partial charge in [0, 0.05) is 0 Å². The number of aromatic amines is 1. The zero-order valence-corrected chi connectivity index (χ0v) is 16.5. The maximum Gasteiger partial charge on any atom is 0.255 e. The minimum absolute atomic E-state index is 0.112. The number of fused-ring (bicyclic) bond motifs is 1. The Labute approximate surface area is 167 Å². The lowest BCUT2D eigenvalue weighted by Gasteiger charge is -2.20. The van der Waals surface area contributed by atoms with E-state index in [2.05, 4.69) is 20.4 Å². The summed E-state index contributed by atoms with van der Waals surface area (Å²) in [7, 11) is 0. The maximum absolute atomic E-state index is 14.1. The van der Waals surface area contributed by atoms with Crippen LogP contribution in [-0.4, -0.2) is 25.7 Å². The van der Waals surface area contributed by atoms with Crippen LogP contribution in [-0.2, 0) is 0 Å². The molecule has 1 atom stereocenters. The van der Waals surface area contributed by atoms with Gasteiger partial charge in [-0.1, -0.05) is 38.1 Å². The molecule has 2 heterocycles. The Hall–Kier alpha value is -3.48. The Morgan fingerprint density at radius 1 is 1.14 bits per heavy atom. The molecule has 0 aliphatic rings. The van der Waals surface area contributed by atoms with Gasteiger partial charge < -0.3 is 10.3 Å². The molecule has 2 aromatic heterocycles. The molecule has 4 rings (SSSR count). The third kappa shape index (κ3) is 3.51. The van der Waals surface area contributed by atoms with Crippen LogP contribution in [0.4, 0.5) is 4.39 Å². The molecule has 29 heavy (non-hydrogen) atoms. The molecule has 0 fully saturated rings. The van der Waals surface area contributed by atoms with Crippen molar-refractivity contribution in [2.45, 2.75) is 26.8 Å². The van der Waals surface area contributed by atoms with E-state index in [1.165, 1.54) is 16.9 Å². The van der Waals surface area contributed by atoms with Crippen molar-refractivity contribution >= 4 is 16.9 Å². The number of hydrogen-bond donors (Lipinski definition) is 2. The van der Waals surface area contributed by atoms with Crippen molar-refractivity contribution in [3.63, 3.8) is 0 Å². The van der Waals surface area contributed by atoms with Crippen LogP contribution < -0.4 is 5.32 Å². The zero-order valence-electron chi connectivity index (χ0n) is 16.5. The first-order chi connectivity index (χ1) is 14.0. The number of imidazole rings is 1. The van der Waals surface area contributed by atoms with Crippen LogP contribution in [0.1, 0.15) is 41.8 Å². The van der Waals surface area contributed by atoms with Crippen molar-refractivity contribution < 1.29 is 9.18 Å². The fourth-order valence-corrected chi connectivity index (χ4v) is 3.39. The van der Waals surface area contributed by atoms with Gasteiger partial charge in [0.2, 0.25) is 0 Å². The Kier molecular flexibility index (Phi) is 4.88. The van der Waals surface area contributed by atoms with E-state index < -0.39 is 5.82 Å². The molecule has 6 nitrogen and oxygen atoms in total. The molecule has 148 valence electrons. The smallest absolute Gasteiger partial charge is 0.255 e. The number of halogens is 1. The van der Waals surface area contributed by atoms with E-state index >= 15 is 0 Å². The first-order valence-corrected chi connectivity index (χ1v) is 9.50. The monoisotopic (exact) mass is 391 g/mol. The van der Waals surface area contributed by atoms with Crippen molar-refractivity contribution in [1.29, 1.82) is 0 Å². The highest BCUT2D eigenvalue weighted by atomic mass is 19.1. The van der Waals surface area contributed by atoms with Gasteiger partial charge in [0.15, 0.2) is 0 Å². The van der Waals surface area contributed by atoms with Crippen LogP contribution >= 0.6 is 0 Å². The number of carbonyl (C=O) groups excluding carboxylic acids is 1. The Bertz CT molecular complexity index is 1140. The van der Waals surface area contributed by atoms with Crippen LogP contribution in [0.2, 0.25) is 0 Å². The fraction of sp³-hybridized carbons (Fsp3) is 0.227. The van der Waals surface area contributed by atoms with Gasteiger partial charge in [-0.05, 0) is 37.1 Å². The summed E-state index contributed by atoms with van der Waals surface area (Å²) in [6, 6.07) is 13.8. The average Bonchev–Trinajstić information content (AvgIpc) is 3.29. The SMILES string of the molecule is Cc1c(C(=O)N[C@H](c2nc3ccccc3[nH]2)C(C)C)cnn1-c1ccccc1F. The molecule has 0 saturated heterocycles. The minimum atomic E-state index is -0.395. The first-order valence-electron chi connectivity index (χ1n) is 9.50. The number of nitrogens with zero attached hydrogens (tertiary/aromatic N) is 3. The lowest BCUT2D eigenvalue weighted by Crippen LogP contribution is -2.32. The van der Waals surface area contributed by atoms with E-state index in [4.69, 9.17) is 0 Å². The van der Waals surface area contributed by atoms with Crippen molar-refractivity contribution in [1.82, 2.24) is 25.1 Å². The van der Waals surface area contributed by atoms with Crippen LogP contribution in [0.5, 0.6) is 0 Å². The number of aromatic nitrogens is 4. The molecule has 4 aromatic rings. The van der Waals surface area contributed by atoms with E-state index in [0.717, 1.165) is 11.0 Å². The maximum atomic E-state index is 14.1.